The van der Waals surface area contributed by atoms with Crippen LogP contribution in [0.1, 0.15) is 79.9 Å². The highest BCUT2D eigenvalue weighted by Gasteiger charge is 2.25. The summed E-state index contributed by atoms with van der Waals surface area (Å²) < 4.78 is 0. The van der Waals surface area contributed by atoms with Gasteiger partial charge in [0.05, 0.1) is 11.4 Å². The number of allylic oxidation sites excluding steroid dienone is 2. The predicted octanol–water partition coefficient (Wildman–Crippen LogP) is 5.65. The van der Waals surface area contributed by atoms with Crippen LogP contribution in [0.3, 0.4) is 0 Å². The zero-order valence-corrected chi connectivity index (χ0v) is 24.1. The van der Waals surface area contributed by atoms with E-state index in [-0.39, 0.29) is 5.91 Å². The predicted molar refractivity (Wildman–Crippen MR) is 165 cm³/mol. The first kappa shape index (κ1) is 30.6. The molecule has 0 aromatic heterocycles. The fourth-order valence-electron chi connectivity index (χ4n) is 4.47. The quantitative estimate of drug-likeness (QED) is 0.212. The Hall–Kier alpha value is -3.97. The van der Waals surface area contributed by atoms with Crippen LogP contribution >= 0.6 is 0 Å². The number of carbonyl (C=O) groups is 2. The molecule has 0 radical (unpaired) electrons. The number of amides is 1. The van der Waals surface area contributed by atoms with Gasteiger partial charge in [0.15, 0.2) is 0 Å². The van der Waals surface area contributed by atoms with Crippen molar-refractivity contribution >= 4 is 29.4 Å². The van der Waals surface area contributed by atoms with Crippen LogP contribution < -0.4 is 16.4 Å². The number of nitrogens with one attached hydrogen (secondary N) is 2. The second-order valence-corrected chi connectivity index (χ2v) is 9.72. The third-order valence-corrected chi connectivity index (χ3v) is 6.59. The molecule has 0 saturated carbocycles. The molecule has 2 aromatic carbocycles. The molecule has 0 aliphatic carbocycles. The van der Waals surface area contributed by atoms with Crippen molar-refractivity contribution in [1.82, 2.24) is 15.5 Å². The van der Waals surface area contributed by atoms with Crippen LogP contribution in [0, 0.1) is 0 Å². The first-order valence-corrected chi connectivity index (χ1v) is 14.4. The fourth-order valence-corrected chi connectivity index (χ4v) is 4.47. The highest BCUT2D eigenvalue weighted by Crippen LogP contribution is 2.31. The van der Waals surface area contributed by atoms with Crippen LogP contribution in [-0.2, 0) is 11.2 Å². The Morgan fingerprint density at radius 3 is 2.52 bits per heavy atom. The molecule has 0 spiro atoms. The number of carbonyl (C=O) groups excluding carboxylic acids is 2. The SMILES string of the molecule is C/C=C(/c1ccc(C(=O)NCCC)cc1)N1C=C(c2cccc(CC=O)c2)NC(=NCCCCN)/C1=C\CCC. The molecule has 3 rings (SSSR count). The van der Waals surface area contributed by atoms with Gasteiger partial charge in [-0.15, -0.1) is 0 Å². The van der Waals surface area contributed by atoms with E-state index in [1.165, 1.54) is 0 Å². The molecule has 212 valence electrons. The smallest absolute Gasteiger partial charge is 0.251 e. The van der Waals surface area contributed by atoms with Crippen molar-refractivity contribution in [3.8, 4) is 0 Å². The van der Waals surface area contributed by atoms with Crippen LogP contribution in [0.4, 0.5) is 0 Å². The van der Waals surface area contributed by atoms with Gasteiger partial charge in [0.1, 0.15) is 12.1 Å². The minimum Gasteiger partial charge on any atom is -0.352 e. The van der Waals surface area contributed by atoms with Crippen molar-refractivity contribution in [2.24, 2.45) is 10.7 Å². The first-order chi connectivity index (χ1) is 19.6. The monoisotopic (exact) mass is 541 g/mol. The molecule has 2 aromatic rings. The largest absolute Gasteiger partial charge is 0.352 e. The van der Waals surface area contributed by atoms with Gasteiger partial charge in [0, 0.05) is 37.0 Å². The highest BCUT2D eigenvalue weighted by atomic mass is 16.1. The van der Waals surface area contributed by atoms with Gasteiger partial charge in [0.2, 0.25) is 0 Å². The van der Waals surface area contributed by atoms with Crippen LogP contribution in [0.25, 0.3) is 11.4 Å². The minimum absolute atomic E-state index is 0.0644. The molecule has 0 saturated heterocycles. The van der Waals surface area contributed by atoms with Crippen LogP contribution in [0.5, 0.6) is 0 Å². The summed E-state index contributed by atoms with van der Waals surface area (Å²) >= 11 is 0. The number of benzene rings is 2. The third kappa shape index (κ3) is 8.26. The number of nitrogens with two attached hydrogens (primary N) is 1. The standard InChI is InChI=1S/C33H43N5O2/c1-4-7-13-31-32(35-21-9-8-19-34)37-29(28-12-10-11-25(23-28)18-22-39)24-38(31)30(6-3)26-14-16-27(17-15-26)33(40)36-20-5-2/h6,10-17,22-24H,4-5,7-9,18-21,34H2,1-3H3,(H,35,37)(H,36,40)/b30-6-,31-13+. The Morgan fingerprint density at radius 2 is 1.85 bits per heavy atom. The molecule has 4 N–H and O–H groups in total. The summed E-state index contributed by atoms with van der Waals surface area (Å²) in [7, 11) is 0. The Bertz CT molecular complexity index is 1260. The maximum Gasteiger partial charge on any atom is 0.251 e. The lowest BCUT2D eigenvalue weighted by Gasteiger charge is -2.34. The summed E-state index contributed by atoms with van der Waals surface area (Å²) in [5.74, 6) is 0.740. The van der Waals surface area contributed by atoms with Gasteiger partial charge < -0.3 is 26.1 Å². The summed E-state index contributed by atoms with van der Waals surface area (Å²) in [6.07, 6.45) is 12.3. The van der Waals surface area contributed by atoms with Crippen molar-refractivity contribution in [1.29, 1.82) is 0 Å². The molecular formula is C33H43N5O2. The van der Waals surface area contributed by atoms with E-state index in [0.29, 0.717) is 31.6 Å². The number of unbranched alkanes of at least 4 members (excludes halogenated alkanes) is 2. The van der Waals surface area contributed by atoms with Gasteiger partial charge in [-0.3, -0.25) is 9.79 Å². The number of hydrogen-bond donors (Lipinski definition) is 3. The topological polar surface area (TPSA) is 99.8 Å². The second-order valence-electron chi connectivity index (χ2n) is 9.72. The molecular weight excluding hydrogens is 498 g/mol. The van der Waals surface area contributed by atoms with Crippen LogP contribution in [0.2, 0.25) is 0 Å². The van der Waals surface area contributed by atoms with E-state index < -0.39 is 0 Å². The van der Waals surface area contributed by atoms with Gasteiger partial charge in [-0.2, -0.15) is 0 Å². The zero-order valence-electron chi connectivity index (χ0n) is 24.1. The third-order valence-electron chi connectivity index (χ3n) is 6.59. The summed E-state index contributed by atoms with van der Waals surface area (Å²) in [5.41, 5.74) is 12.2. The Labute approximate surface area is 238 Å². The second kappa shape index (κ2) is 16.2. The highest BCUT2D eigenvalue weighted by molar-refractivity contribution is 6.06. The Kier molecular flexibility index (Phi) is 12.4. The summed E-state index contributed by atoms with van der Waals surface area (Å²) in [4.78, 5) is 30.8. The average Bonchev–Trinajstić information content (AvgIpc) is 2.98. The number of rotatable bonds is 14. The summed E-state index contributed by atoms with van der Waals surface area (Å²) in [5, 5.41) is 6.52. The molecule has 0 fully saturated rings. The summed E-state index contributed by atoms with van der Waals surface area (Å²) in [6, 6.07) is 15.7. The minimum atomic E-state index is -0.0644. The zero-order chi connectivity index (χ0) is 28.7. The Balaban J connectivity index is 2.08. The van der Waals surface area contributed by atoms with E-state index in [0.717, 1.165) is 78.0 Å². The maximum absolute atomic E-state index is 12.5. The van der Waals surface area contributed by atoms with Gasteiger partial charge >= 0.3 is 0 Å². The molecule has 1 aliphatic heterocycles. The Morgan fingerprint density at radius 1 is 1.07 bits per heavy atom. The lowest BCUT2D eigenvalue weighted by molar-refractivity contribution is -0.107. The van der Waals surface area contributed by atoms with E-state index in [9.17, 15) is 9.59 Å². The number of nitrogens with zero attached hydrogens (tertiary/aromatic N) is 2. The van der Waals surface area contributed by atoms with Crippen molar-refractivity contribution in [3.05, 3.63) is 94.8 Å². The lowest BCUT2D eigenvalue weighted by atomic mass is 10.0. The van der Waals surface area contributed by atoms with E-state index in [2.05, 4.69) is 40.8 Å². The van der Waals surface area contributed by atoms with Crippen molar-refractivity contribution in [2.75, 3.05) is 19.6 Å². The number of hydrogen-bond acceptors (Lipinski definition) is 5. The van der Waals surface area contributed by atoms with Crippen molar-refractivity contribution in [2.45, 2.75) is 59.3 Å². The van der Waals surface area contributed by atoms with E-state index in [1.807, 2.05) is 62.4 Å². The number of amidine groups is 1. The van der Waals surface area contributed by atoms with Crippen molar-refractivity contribution < 1.29 is 9.59 Å². The van der Waals surface area contributed by atoms with Gasteiger partial charge in [-0.1, -0.05) is 62.8 Å². The molecule has 1 aliphatic rings. The molecule has 0 bridgehead atoms. The van der Waals surface area contributed by atoms with Gasteiger partial charge in [-0.25, -0.2) is 0 Å². The molecule has 40 heavy (non-hydrogen) atoms. The van der Waals surface area contributed by atoms with Gasteiger partial charge in [-0.05, 0) is 74.0 Å². The molecule has 7 nitrogen and oxygen atoms in total. The summed E-state index contributed by atoms with van der Waals surface area (Å²) in [6.45, 7) is 8.19. The lowest BCUT2D eigenvalue weighted by Crippen LogP contribution is -2.37. The molecule has 0 unspecified atom stereocenters. The normalized spacial score (nSPS) is 15.7. The van der Waals surface area contributed by atoms with E-state index in [4.69, 9.17) is 10.7 Å². The maximum atomic E-state index is 12.5. The fraction of sp³-hybridized carbons (Fsp3) is 0.364. The molecule has 0 atom stereocenters. The van der Waals surface area contributed by atoms with E-state index in [1.54, 1.807) is 0 Å². The molecule has 1 amide bonds. The molecule has 7 heteroatoms. The molecule has 1 heterocycles. The van der Waals surface area contributed by atoms with Crippen LogP contribution in [0.15, 0.2) is 77.6 Å². The number of aliphatic imine (C=N–C) groups is 1. The van der Waals surface area contributed by atoms with Gasteiger partial charge in [0.25, 0.3) is 5.91 Å². The average molecular weight is 542 g/mol. The first-order valence-electron chi connectivity index (χ1n) is 14.4. The van der Waals surface area contributed by atoms with Crippen molar-refractivity contribution in [3.63, 3.8) is 0 Å². The number of aldehydes is 1. The van der Waals surface area contributed by atoms with Crippen LogP contribution in [-0.4, -0.2) is 42.6 Å². The van der Waals surface area contributed by atoms with E-state index >= 15 is 0 Å².